The van der Waals surface area contributed by atoms with Crippen molar-refractivity contribution in [1.29, 1.82) is 0 Å². The molecule has 0 atom stereocenters. The Morgan fingerprint density at radius 3 is 2.21 bits per heavy atom. The van der Waals surface area contributed by atoms with Gasteiger partial charge in [0.05, 0.1) is 10.6 Å². The minimum absolute atomic E-state index is 0.0501. The van der Waals surface area contributed by atoms with Crippen molar-refractivity contribution in [3.05, 3.63) is 60.4 Å². The first-order chi connectivity index (χ1) is 13.4. The van der Waals surface area contributed by atoms with E-state index in [1.807, 2.05) is 0 Å². The average molecular weight is 405 g/mol. The van der Waals surface area contributed by atoms with Crippen molar-refractivity contribution < 1.29 is 17.6 Å². The van der Waals surface area contributed by atoms with Gasteiger partial charge in [-0.25, -0.2) is 12.8 Å². The van der Waals surface area contributed by atoms with E-state index < -0.39 is 15.8 Å². The molecule has 5 nitrogen and oxygen atoms in total. The highest BCUT2D eigenvalue weighted by Crippen LogP contribution is 2.25. The van der Waals surface area contributed by atoms with E-state index in [9.17, 15) is 17.6 Å². The maximum atomic E-state index is 13.3. The minimum atomic E-state index is -4.01. The minimum Gasteiger partial charge on any atom is -0.341 e. The van der Waals surface area contributed by atoms with Gasteiger partial charge in [0.1, 0.15) is 12.4 Å². The fourth-order valence-electron chi connectivity index (χ4n) is 3.55. The van der Waals surface area contributed by atoms with Crippen LogP contribution >= 0.6 is 0 Å². The Labute approximate surface area is 165 Å². The maximum absolute atomic E-state index is 13.3. The van der Waals surface area contributed by atoms with E-state index in [0.29, 0.717) is 5.69 Å². The Hall–Kier alpha value is -2.41. The molecule has 0 unspecified atom stereocenters. The van der Waals surface area contributed by atoms with Crippen LogP contribution < -0.4 is 4.31 Å². The third kappa shape index (κ3) is 4.52. The first kappa shape index (κ1) is 20.3. The van der Waals surface area contributed by atoms with Crippen LogP contribution in [-0.4, -0.2) is 38.9 Å². The number of hydrogen-bond donors (Lipinski definition) is 0. The van der Waals surface area contributed by atoms with Gasteiger partial charge in [0, 0.05) is 13.1 Å². The number of carbonyl (C=O) groups excluding carboxylic acids is 1. The molecular formula is C21H25FN2O3S. The van der Waals surface area contributed by atoms with Gasteiger partial charge in [0.2, 0.25) is 5.91 Å². The molecular weight excluding hydrogens is 379 g/mol. The summed E-state index contributed by atoms with van der Waals surface area (Å²) in [7, 11) is -2.27. The molecule has 2 aromatic carbocycles. The van der Waals surface area contributed by atoms with Gasteiger partial charge >= 0.3 is 0 Å². The molecule has 1 aliphatic carbocycles. The zero-order valence-corrected chi connectivity index (χ0v) is 16.7. The molecule has 0 spiro atoms. The van der Waals surface area contributed by atoms with E-state index in [1.54, 1.807) is 42.3 Å². The van der Waals surface area contributed by atoms with Gasteiger partial charge in [0.25, 0.3) is 10.0 Å². The molecule has 150 valence electrons. The molecule has 2 aromatic rings. The van der Waals surface area contributed by atoms with Crippen molar-refractivity contribution in [3.8, 4) is 0 Å². The van der Waals surface area contributed by atoms with Crippen LogP contribution in [-0.2, 0) is 14.8 Å². The van der Waals surface area contributed by atoms with Crippen molar-refractivity contribution in [2.45, 2.75) is 43.0 Å². The number of hydrogen-bond acceptors (Lipinski definition) is 3. The summed E-state index contributed by atoms with van der Waals surface area (Å²) in [5.41, 5.74) is 0.400. The maximum Gasteiger partial charge on any atom is 0.264 e. The van der Waals surface area contributed by atoms with Gasteiger partial charge in [-0.1, -0.05) is 37.5 Å². The SMILES string of the molecule is CN(C(=O)CN(c1ccccc1)S(=O)(=O)c1ccc(F)cc1)C1CCCCC1. The van der Waals surface area contributed by atoms with Gasteiger partial charge in [-0.05, 0) is 49.2 Å². The lowest BCUT2D eigenvalue weighted by Gasteiger charge is -2.33. The van der Waals surface area contributed by atoms with Crippen molar-refractivity contribution in [2.75, 3.05) is 17.9 Å². The molecule has 1 fully saturated rings. The highest BCUT2D eigenvalue weighted by molar-refractivity contribution is 7.92. The smallest absolute Gasteiger partial charge is 0.264 e. The number of nitrogens with zero attached hydrogens (tertiary/aromatic N) is 2. The fraction of sp³-hybridized carbons (Fsp3) is 0.381. The molecule has 0 heterocycles. The average Bonchev–Trinajstić information content (AvgIpc) is 2.72. The van der Waals surface area contributed by atoms with E-state index in [2.05, 4.69) is 0 Å². The predicted molar refractivity (Wildman–Crippen MR) is 107 cm³/mol. The van der Waals surface area contributed by atoms with Crippen LogP contribution in [0.3, 0.4) is 0 Å². The highest BCUT2D eigenvalue weighted by atomic mass is 32.2. The summed E-state index contributed by atoms with van der Waals surface area (Å²) >= 11 is 0. The Bertz CT molecular complexity index is 895. The number of anilines is 1. The van der Waals surface area contributed by atoms with E-state index >= 15 is 0 Å². The van der Waals surface area contributed by atoms with Crippen LogP contribution in [0.15, 0.2) is 59.5 Å². The molecule has 7 heteroatoms. The van der Waals surface area contributed by atoms with E-state index in [0.717, 1.165) is 42.1 Å². The number of rotatable bonds is 6. The summed E-state index contributed by atoms with van der Waals surface area (Å²) < 4.78 is 40.8. The number of halogens is 1. The van der Waals surface area contributed by atoms with Crippen molar-refractivity contribution in [3.63, 3.8) is 0 Å². The van der Waals surface area contributed by atoms with Crippen molar-refractivity contribution >= 4 is 21.6 Å². The number of amides is 1. The molecule has 0 N–H and O–H groups in total. The molecule has 3 rings (SSSR count). The molecule has 28 heavy (non-hydrogen) atoms. The molecule has 0 aliphatic heterocycles. The molecule has 0 radical (unpaired) electrons. The monoisotopic (exact) mass is 404 g/mol. The number of carbonyl (C=O) groups is 1. The van der Waals surface area contributed by atoms with Gasteiger partial charge in [-0.2, -0.15) is 0 Å². The molecule has 0 aromatic heterocycles. The number of sulfonamides is 1. The number of para-hydroxylation sites is 1. The van der Waals surface area contributed by atoms with Gasteiger partial charge < -0.3 is 4.90 Å². The normalized spacial score (nSPS) is 15.2. The second-order valence-electron chi connectivity index (χ2n) is 7.10. The number of benzene rings is 2. The molecule has 1 aliphatic rings. The van der Waals surface area contributed by atoms with E-state index in [1.165, 1.54) is 18.6 Å². The zero-order valence-electron chi connectivity index (χ0n) is 15.9. The van der Waals surface area contributed by atoms with Crippen LogP contribution in [0.25, 0.3) is 0 Å². The Kier molecular flexibility index (Phi) is 6.34. The summed E-state index contributed by atoms with van der Waals surface area (Å²) in [4.78, 5) is 14.5. The second kappa shape index (κ2) is 8.73. The molecule has 0 bridgehead atoms. The molecule has 1 saturated carbocycles. The van der Waals surface area contributed by atoms with Gasteiger partial charge in [0.15, 0.2) is 0 Å². The van der Waals surface area contributed by atoms with Crippen LogP contribution in [0.1, 0.15) is 32.1 Å². The fourth-order valence-corrected chi connectivity index (χ4v) is 4.96. The molecule has 1 amide bonds. The van der Waals surface area contributed by atoms with Crippen LogP contribution in [0.2, 0.25) is 0 Å². The highest BCUT2D eigenvalue weighted by Gasteiger charge is 2.30. The lowest BCUT2D eigenvalue weighted by molar-refractivity contribution is -0.130. The lowest BCUT2D eigenvalue weighted by atomic mass is 9.94. The standard InChI is InChI=1S/C21H25FN2O3S/c1-23(18-8-4-2-5-9-18)21(25)16-24(19-10-6-3-7-11-19)28(26,27)20-14-12-17(22)13-15-20/h3,6-7,10-15,18H,2,4-5,8-9,16H2,1H3. The zero-order chi connectivity index (χ0) is 20.1. The van der Waals surface area contributed by atoms with Crippen molar-refractivity contribution in [1.82, 2.24) is 4.90 Å². The third-order valence-corrected chi connectivity index (χ3v) is 7.03. The summed E-state index contributed by atoms with van der Waals surface area (Å²) in [5.74, 6) is -0.764. The largest absolute Gasteiger partial charge is 0.341 e. The topological polar surface area (TPSA) is 57.7 Å². The second-order valence-corrected chi connectivity index (χ2v) is 8.96. The van der Waals surface area contributed by atoms with E-state index in [-0.39, 0.29) is 23.4 Å². The summed E-state index contributed by atoms with van der Waals surface area (Å²) in [6.45, 7) is -0.295. The van der Waals surface area contributed by atoms with Crippen LogP contribution in [0.5, 0.6) is 0 Å². The molecule has 0 saturated heterocycles. The Morgan fingerprint density at radius 1 is 1.00 bits per heavy atom. The summed E-state index contributed by atoms with van der Waals surface area (Å²) in [5, 5.41) is 0. The van der Waals surface area contributed by atoms with E-state index in [4.69, 9.17) is 0 Å². The predicted octanol–water partition coefficient (Wildman–Crippen LogP) is 3.81. The van der Waals surface area contributed by atoms with Crippen molar-refractivity contribution in [2.24, 2.45) is 0 Å². The summed E-state index contributed by atoms with van der Waals surface area (Å²) in [6.07, 6.45) is 5.22. The summed E-state index contributed by atoms with van der Waals surface area (Å²) in [6, 6.07) is 13.3. The first-order valence-electron chi connectivity index (χ1n) is 9.48. The first-order valence-corrected chi connectivity index (χ1v) is 10.9. The quantitative estimate of drug-likeness (QED) is 0.736. The van der Waals surface area contributed by atoms with Gasteiger partial charge in [-0.3, -0.25) is 9.10 Å². The van der Waals surface area contributed by atoms with Crippen LogP contribution in [0.4, 0.5) is 10.1 Å². The lowest BCUT2D eigenvalue weighted by Crippen LogP contribution is -2.45. The third-order valence-electron chi connectivity index (χ3n) is 5.24. The Morgan fingerprint density at radius 2 is 1.61 bits per heavy atom. The van der Waals surface area contributed by atoms with Crippen LogP contribution in [0, 0.1) is 5.82 Å². The Balaban J connectivity index is 1.89. The van der Waals surface area contributed by atoms with Gasteiger partial charge in [-0.15, -0.1) is 0 Å². The number of likely N-dealkylation sites (N-methyl/N-ethyl adjacent to an activating group) is 1.